The van der Waals surface area contributed by atoms with Crippen molar-refractivity contribution in [1.29, 1.82) is 0 Å². The Labute approximate surface area is 274 Å². The standard InChI is InChI=1S/C44H25N3O/c1-2-14-26(15-3-1)40-39-29-18-6-4-16-27(29)28-17-5-9-21-32(28)41(39)46-44(45-40)47-35-24-12-10-22-33(35)37-30-19-7-8-20-31(30)38-34-23-11-13-25-36(34)48-43(38)42(37)47/h1-25H. The summed E-state index contributed by atoms with van der Waals surface area (Å²) in [6.45, 7) is 0. The Balaban J connectivity index is 1.41. The van der Waals surface area contributed by atoms with E-state index in [1.54, 1.807) is 0 Å². The zero-order chi connectivity index (χ0) is 31.3. The summed E-state index contributed by atoms with van der Waals surface area (Å²) >= 11 is 0. The van der Waals surface area contributed by atoms with Crippen molar-refractivity contribution in [3.63, 3.8) is 0 Å². The van der Waals surface area contributed by atoms with Gasteiger partial charge in [0.1, 0.15) is 11.1 Å². The Morgan fingerprint density at radius 3 is 1.71 bits per heavy atom. The smallest absolute Gasteiger partial charge is 0.235 e. The van der Waals surface area contributed by atoms with E-state index in [9.17, 15) is 0 Å². The average molecular weight is 612 g/mol. The molecule has 0 aliphatic carbocycles. The molecule has 0 unspecified atom stereocenters. The van der Waals surface area contributed by atoms with Gasteiger partial charge in [-0.05, 0) is 39.1 Å². The summed E-state index contributed by atoms with van der Waals surface area (Å²) < 4.78 is 9.05. The molecule has 0 saturated carbocycles. The molecule has 0 saturated heterocycles. The van der Waals surface area contributed by atoms with E-state index in [2.05, 4.69) is 150 Å². The lowest BCUT2D eigenvalue weighted by Gasteiger charge is -2.16. The molecule has 48 heavy (non-hydrogen) atoms. The highest BCUT2D eigenvalue weighted by molar-refractivity contribution is 6.35. The number of hydrogen-bond donors (Lipinski definition) is 0. The van der Waals surface area contributed by atoms with E-state index in [1.165, 1.54) is 21.5 Å². The van der Waals surface area contributed by atoms with Crippen LogP contribution in [-0.2, 0) is 0 Å². The average Bonchev–Trinajstić information content (AvgIpc) is 3.72. The summed E-state index contributed by atoms with van der Waals surface area (Å²) in [6.07, 6.45) is 0. The first-order chi connectivity index (χ1) is 23.8. The van der Waals surface area contributed by atoms with Crippen LogP contribution in [-0.4, -0.2) is 14.5 Å². The summed E-state index contributed by atoms with van der Waals surface area (Å²) in [5.74, 6) is 0.616. The Kier molecular flexibility index (Phi) is 5.08. The predicted octanol–water partition coefficient (Wildman–Crippen LogP) is 11.8. The maximum Gasteiger partial charge on any atom is 0.235 e. The van der Waals surface area contributed by atoms with Gasteiger partial charge >= 0.3 is 0 Å². The number of fused-ring (bicyclic) bond motifs is 16. The van der Waals surface area contributed by atoms with Gasteiger partial charge in [0.25, 0.3) is 0 Å². The number of aromatic nitrogens is 3. The Morgan fingerprint density at radius 2 is 0.958 bits per heavy atom. The second-order valence-electron chi connectivity index (χ2n) is 12.5. The molecular weight excluding hydrogens is 587 g/mol. The lowest BCUT2D eigenvalue weighted by molar-refractivity contribution is 0.671. The third kappa shape index (κ3) is 3.33. The summed E-state index contributed by atoms with van der Waals surface area (Å²) in [5.41, 5.74) is 6.61. The van der Waals surface area contributed by atoms with E-state index in [4.69, 9.17) is 14.4 Å². The molecule has 0 aliphatic rings. The summed E-state index contributed by atoms with van der Waals surface area (Å²) in [4.78, 5) is 11.1. The van der Waals surface area contributed by atoms with Gasteiger partial charge in [-0.1, -0.05) is 140 Å². The molecule has 11 aromatic rings. The lowest BCUT2D eigenvalue weighted by Crippen LogP contribution is -2.04. The molecule has 0 N–H and O–H groups in total. The van der Waals surface area contributed by atoms with Crippen molar-refractivity contribution in [3.8, 4) is 17.2 Å². The van der Waals surface area contributed by atoms with Crippen molar-refractivity contribution in [2.45, 2.75) is 0 Å². The minimum Gasteiger partial charge on any atom is -0.454 e. The van der Waals surface area contributed by atoms with Gasteiger partial charge in [0.05, 0.1) is 16.7 Å². The SMILES string of the molecule is c1ccc(-c2nc(-n3c4ccccc4c4c5ccccc5c5c6ccccc6oc5c43)nc3c4ccccc4c4ccccc4c23)cc1. The molecule has 0 spiro atoms. The highest BCUT2D eigenvalue weighted by Gasteiger charge is 2.25. The van der Waals surface area contributed by atoms with Crippen LogP contribution in [0.15, 0.2) is 156 Å². The lowest BCUT2D eigenvalue weighted by atomic mass is 9.94. The first-order valence-electron chi connectivity index (χ1n) is 16.3. The molecule has 0 aliphatic heterocycles. The van der Waals surface area contributed by atoms with Crippen LogP contribution in [0.4, 0.5) is 0 Å². The van der Waals surface area contributed by atoms with Gasteiger partial charge in [-0.3, -0.25) is 4.57 Å². The van der Waals surface area contributed by atoms with Crippen molar-refractivity contribution in [1.82, 2.24) is 14.5 Å². The normalized spacial score (nSPS) is 12.2. The number of para-hydroxylation sites is 2. The number of nitrogens with zero attached hydrogens (tertiary/aromatic N) is 3. The number of furan rings is 1. The van der Waals surface area contributed by atoms with Gasteiger partial charge in [-0.25, -0.2) is 9.97 Å². The van der Waals surface area contributed by atoms with Gasteiger partial charge in [-0.15, -0.1) is 0 Å². The summed E-state index contributed by atoms with van der Waals surface area (Å²) in [7, 11) is 0. The number of benzene rings is 8. The quantitative estimate of drug-likeness (QED) is 0.183. The monoisotopic (exact) mass is 611 g/mol. The van der Waals surface area contributed by atoms with Crippen LogP contribution in [0.5, 0.6) is 0 Å². The van der Waals surface area contributed by atoms with E-state index >= 15 is 0 Å². The zero-order valence-electron chi connectivity index (χ0n) is 25.7. The van der Waals surface area contributed by atoms with Crippen LogP contribution < -0.4 is 0 Å². The van der Waals surface area contributed by atoms with Gasteiger partial charge < -0.3 is 4.42 Å². The third-order valence-electron chi connectivity index (χ3n) is 9.96. The Hall–Kier alpha value is -6.52. The van der Waals surface area contributed by atoms with Crippen molar-refractivity contribution >= 4 is 87.0 Å². The van der Waals surface area contributed by atoms with Gasteiger partial charge in [0.2, 0.25) is 5.95 Å². The molecule has 0 amide bonds. The maximum atomic E-state index is 6.82. The second kappa shape index (κ2) is 9.50. The minimum atomic E-state index is 0.616. The molecule has 8 aromatic carbocycles. The van der Waals surface area contributed by atoms with E-state index in [-0.39, 0.29) is 0 Å². The van der Waals surface area contributed by atoms with Gasteiger partial charge in [0, 0.05) is 37.9 Å². The van der Waals surface area contributed by atoms with Crippen molar-refractivity contribution in [2.24, 2.45) is 0 Å². The fourth-order valence-corrected chi connectivity index (χ4v) is 8.00. The Morgan fingerprint density at radius 1 is 0.417 bits per heavy atom. The fraction of sp³-hybridized carbons (Fsp3) is 0. The van der Waals surface area contributed by atoms with Gasteiger partial charge in [-0.2, -0.15) is 0 Å². The van der Waals surface area contributed by atoms with E-state index in [1.807, 2.05) is 6.07 Å². The van der Waals surface area contributed by atoms with Crippen molar-refractivity contribution in [2.75, 3.05) is 0 Å². The summed E-state index contributed by atoms with van der Waals surface area (Å²) in [6, 6.07) is 53.3. The van der Waals surface area contributed by atoms with E-state index in [0.29, 0.717) is 5.95 Å². The van der Waals surface area contributed by atoms with Crippen LogP contribution in [0.3, 0.4) is 0 Å². The molecule has 0 radical (unpaired) electrons. The number of rotatable bonds is 2. The van der Waals surface area contributed by atoms with Crippen LogP contribution in [0.25, 0.3) is 104 Å². The van der Waals surface area contributed by atoms with E-state index in [0.717, 1.165) is 76.7 Å². The molecule has 11 rings (SSSR count). The predicted molar refractivity (Wildman–Crippen MR) is 199 cm³/mol. The molecule has 4 heteroatoms. The fourth-order valence-electron chi connectivity index (χ4n) is 8.00. The van der Waals surface area contributed by atoms with Gasteiger partial charge in [0.15, 0.2) is 5.58 Å². The largest absolute Gasteiger partial charge is 0.454 e. The molecule has 0 bridgehead atoms. The number of hydrogen-bond acceptors (Lipinski definition) is 3. The summed E-state index contributed by atoms with van der Waals surface area (Å²) in [5, 5.41) is 12.5. The maximum absolute atomic E-state index is 6.82. The first kappa shape index (κ1) is 25.6. The van der Waals surface area contributed by atoms with Crippen LogP contribution >= 0.6 is 0 Å². The highest BCUT2D eigenvalue weighted by atomic mass is 16.3. The minimum absolute atomic E-state index is 0.616. The molecule has 4 nitrogen and oxygen atoms in total. The molecule has 3 heterocycles. The van der Waals surface area contributed by atoms with Crippen LogP contribution in [0.2, 0.25) is 0 Å². The third-order valence-corrected chi connectivity index (χ3v) is 9.96. The van der Waals surface area contributed by atoms with Crippen molar-refractivity contribution < 1.29 is 4.42 Å². The molecular formula is C44H25N3O. The molecule has 0 fully saturated rings. The highest BCUT2D eigenvalue weighted by Crippen LogP contribution is 2.46. The zero-order valence-corrected chi connectivity index (χ0v) is 25.7. The van der Waals surface area contributed by atoms with Crippen LogP contribution in [0.1, 0.15) is 0 Å². The first-order valence-corrected chi connectivity index (χ1v) is 16.3. The topological polar surface area (TPSA) is 43.9 Å². The Bertz CT molecular complexity index is 3120. The van der Waals surface area contributed by atoms with Crippen LogP contribution in [0, 0.1) is 0 Å². The molecule has 222 valence electrons. The van der Waals surface area contributed by atoms with Crippen molar-refractivity contribution in [3.05, 3.63) is 152 Å². The van der Waals surface area contributed by atoms with E-state index < -0.39 is 0 Å². The second-order valence-corrected chi connectivity index (χ2v) is 12.5. The molecule has 3 aromatic heterocycles. The molecule has 0 atom stereocenters.